The average molecular weight is 252 g/mol. The normalized spacial score (nSPS) is 10.4. The average Bonchev–Trinajstić information content (AvgIpc) is 2.33. The number of hydrogen-bond donors (Lipinski definition) is 0. The lowest BCUT2D eigenvalue weighted by Crippen LogP contribution is -1.93. The summed E-state index contributed by atoms with van der Waals surface area (Å²) in [6.45, 7) is 2.08. The highest BCUT2D eigenvalue weighted by Crippen LogP contribution is 2.29. The summed E-state index contributed by atoms with van der Waals surface area (Å²) in [5, 5.41) is 0.871. The Morgan fingerprint density at radius 2 is 1.81 bits per heavy atom. The van der Waals surface area contributed by atoms with Gasteiger partial charge in [0.25, 0.3) is 0 Å². The number of nitrogens with zero attached hydrogens (tertiary/aromatic N) is 1. The van der Waals surface area contributed by atoms with Gasteiger partial charge >= 0.3 is 0 Å². The number of pyridine rings is 1. The molecule has 1 nitrogen and oxygen atoms in total. The SMILES string of the molecule is CCc1cc(Cl)c(Cl)nc1-c1ccccc1. The number of aryl methyl sites for hydroxylation is 1. The van der Waals surface area contributed by atoms with E-state index in [-0.39, 0.29) is 0 Å². The summed E-state index contributed by atoms with van der Waals surface area (Å²) in [6.07, 6.45) is 0.883. The van der Waals surface area contributed by atoms with Crippen molar-refractivity contribution >= 4 is 23.2 Å². The zero-order valence-electron chi connectivity index (χ0n) is 8.87. The molecule has 0 fully saturated rings. The molecule has 1 heterocycles. The van der Waals surface area contributed by atoms with Gasteiger partial charge in [-0.2, -0.15) is 0 Å². The van der Waals surface area contributed by atoms with Gasteiger partial charge in [0.1, 0.15) is 5.15 Å². The summed E-state index contributed by atoms with van der Waals surface area (Å²) in [5.41, 5.74) is 3.09. The zero-order valence-corrected chi connectivity index (χ0v) is 10.4. The van der Waals surface area contributed by atoms with Gasteiger partial charge in [0.05, 0.1) is 10.7 Å². The van der Waals surface area contributed by atoms with E-state index in [1.54, 1.807) is 0 Å². The van der Waals surface area contributed by atoms with E-state index in [0.717, 1.165) is 23.2 Å². The third-order valence-electron chi connectivity index (χ3n) is 2.44. The first-order valence-electron chi connectivity index (χ1n) is 5.12. The molecule has 0 aliphatic heterocycles. The van der Waals surface area contributed by atoms with Gasteiger partial charge < -0.3 is 0 Å². The predicted molar refractivity (Wildman–Crippen MR) is 69.1 cm³/mol. The van der Waals surface area contributed by atoms with Crippen molar-refractivity contribution in [2.24, 2.45) is 0 Å². The molecule has 0 atom stereocenters. The van der Waals surface area contributed by atoms with Gasteiger partial charge in [-0.1, -0.05) is 60.5 Å². The standard InChI is InChI=1S/C13H11Cl2N/c1-2-9-8-11(14)13(15)16-12(9)10-6-4-3-5-7-10/h3-8H,2H2,1H3. The van der Waals surface area contributed by atoms with Gasteiger partial charge in [0, 0.05) is 5.56 Å². The highest BCUT2D eigenvalue weighted by atomic mass is 35.5. The van der Waals surface area contributed by atoms with Crippen LogP contribution in [-0.2, 0) is 6.42 Å². The van der Waals surface area contributed by atoms with Gasteiger partial charge in [-0.15, -0.1) is 0 Å². The fourth-order valence-corrected chi connectivity index (χ4v) is 1.93. The minimum Gasteiger partial charge on any atom is -0.234 e. The first kappa shape index (κ1) is 11.4. The van der Waals surface area contributed by atoms with E-state index in [0.29, 0.717) is 10.2 Å². The van der Waals surface area contributed by atoms with Crippen molar-refractivity contribution in [3.8, 4) is 11.3 Å². The molecule has 0 aliphatic rings. The lowest BCUT2D eigenvalue weighted by atomic mass is 10.0. The summed E-state index contributed by atoms with van der Waals surface area (Å²) in [4.78, 5) is 4.35. The fourth-order valence-electron chi connectivity index (χ4n) is 1.62. The highest BCUT2D eigenvalue weighted by molar-refractivity contribution is 6.41. The molecule has 0 radical (unpaired) electrons. The second-order valence-electron chi connectivity index (χ2n) is 3.49. The summed E-state index contributed by atoms with van der Waals surface area (Å²) in [6, 6.07) is 11.9. The molecular formula is C13H11Cl2N. The Labute approximate surface area is 105 Å². The zero-order chi connectivity index (χ0) is 11.5. The number of halogens is 2. The molecule has 1 aromatic heterocycles. The molecule has 0 aliphatic carbocycles. The van der Waals surface area contributed by atoms with Crippen LogP contribution in [0.5, 0.6) is 0 Å². The second-order valence-corrected chi connectivity index (χ2v) is 4.25. The molecule has 2 aromatic rings. The molecule has 0 amide bonds. The van der Waals surface area contributed by atoms with E-state index in [4.69, 9.17) is 23.2 Å². The van der Waals surface area contributed by atoms with Crippen LogP contribution in [0.4, 0.5) is 0 Å². The van der Waals surface area contributed by atoms with Crippen molar-refractivity contribution in [1.29, 1.82) is 0 Å². The maximum Gasteiger partial charge on any atom is 0.148 e. The minimum atomic E-state index is 0.359. The molecule has 82 valence electrons. The van der Waals surface area contributed by atoms with Gasteiger partial charge in [-0.25, -0.2) is 4.98 Å². The van der Waals surface area contributed by atoms with Crippen LogP contribution in [0.3, 0.4) is 0 Å². The Hall–Kier alpha value is -1.05. The Balaban J connectivity index is 2.60. The summed E-state index contributed by atoms with van der Waals surface area (Å²) in [7, 11) is 0. The molecule has 0 spiro atoms. The molecule has 2 rings (SSSR count). The second kappa shape index (κ2) is 4.86. The Morgan fingerprint density at radius 1 is 1.12 bits per heavy atom. The third kappa shape index (κ3) is 2.21. The molecule has 0 saturated heterocycles. The lowest BCUT2D eigenvalue weighted by molar-refractivity contribution is 1.11. The molecule has 0 bridgehead atoms. The molecule has 16 heavy (non-hydrogen) atoms. The maximum absolute atomic E-state index is 5.96. The number of benzene rings is 1. The van der Waals surface area contributed by atoms with Gasteiger partial charge in [0.2, 0.25) is 0 Å². The van der Waals surface area contributed by atoms with E-state index < -0.39 is 0 Å². The van der Waals surface area contributed by atoms with Gasteiger partial charge in [-0.3, -0.25) is 0 Å². The van der Waals surface area contributed by atoms with Crippen LogP contribution in [0.1, 0.15) is 12.5 Å². The first-order chi connectivity index (χ1) is 7.72. The summed E-state index contributed by atoms with van der Waals surface area (Å²) < 4.78 is 0. The van der Waals surface area contributed by atoms with E-state index in [1.165, 1.54) is 0 Å². The maximum atomic E-state index is 5.96. The molecule has 0 unspecified atom stereocenters. The van der Waals surface area contributed by atoms with Crippen molar-refractivity contribution in [3.05, 3.63) is 52.1 Å². The number of rotatable bonds is 2. The Kier molecular flexibility index (Phi) is 3.47. The first-order valence-corrected chi connectivity index (χ1v) is 5.88. The molecular weight excluding hydrogens is 241 g/mol. The summed E-state index contributed by atoms with van der Waals surface area (Å²) >= 11 is 11.9. The largest absolute Gasteiger partial charge is 0.234 e. The monoisotopic (exact) mass is 251 g/mol. The predicted octanol–water partition coefficient (Wildman–Crippen LogP) is 4.62. The summed E-state index contributed by atoms with van der Waals surface area (Å²) in [5.74, 6) is 0. The molecule has 0 saturated carbocycles. The van der Waals surface area contributed by atoms with Gasteiger partial charge in [-0.05, 0) is 18.1 Å². The third-order valence-corrected chi connectivity index (χ3v) is 3.11. The number of hydrogen-bond acceptors (Lipinski definition) is 1. The Morgan fingerprint density at radius 3 is 2.44 bits per heavy atom. The van der Waals surface area contributed by atoms with Crippen molar-refractivity contribution in [2.75, 3.05) is 0 Å². The van der Waals surface area contributed by atoms with Crippen molar-refractivity contribution in [1.82, 2.24) is 4.98 Å². The Bertz CT molecular complexity index is 495. The topological polar surface area (TPSA) is 12.9 Å². The smallest absolute Gasteiger partial charge is 0.148 e. The van der Waals surface area contributed by atoms with Crippen molar-refractivity contribution in [2.45, 2.75) is 13.3 Å². The quantitative estimate of drug-likeness (QED) is 0.711. The van der Waals surface area contributed by atoms with Crippen LogP contribution in [0, 0.1) is 0 Å². The highest BCUT2D eigenvalue weighted by Gasteiger charge is 2.09. The van der Waals surface area contributed by atoms with E-state index in [2.05, 4.69) is 11.9 Å². The molecule has 0 N–H and O–H groups in total. The fraction of sp³-hybridized carbons (Fsp3) is 0.154. The minimum absolute atomic E-state index is 0.359. The van der Waals surface area contributed by atoms with Crippen LogP contribution in [0.15, 0.2) is 36.4 Å². The molecule has 1 aromatic carbocycles. The number of aromatic nitrogens is 1. The van der Waals surface area contributed by atoms with Gasteiger partial charge in [0.15, 0.2) is 0 Å². The van der Waals surface area contributed by atoms with Crippen LogP contribution in [0.25, 0.3) is 11.3 Å². The molecule has 3 heteroatoms. The van der Waals surface area contributed by atoms with E-state index >= 15 is 0 Å². The van der Waals surface area contributed by atoms with Crippen molar-refractivity contribution in [3.63, 3.8) is 0 Å². The lowest BCUT2D eigenvalue weighted by Gasteiger charge is -2.08. The van der Waals surface area contributed by atoms with Crippen molar-refractivity contribution < 1.29 is 0 Å². The van der Waals surface area contributed by atoms with Crippen LogP contribution < -0.4 is 0 Å². The van der Waals surface area contributed by atoms with Crippen LogP contribution in [0.2, 0.25) is 10.2 Å². The van der Waals surface area contributed by atoms with Crippen LogP contribution >= 0.6 is 23.2 Å². The van der Waals surface area contributed by atoms with E-state index in [1.807, 2.05) is 36.4 Å². The van der Waals surface area contributed by atoms with E-state index in [9.17, 15) is 0 Å². The van der Waals surface area contributed by atoms with Crippen LogP contribution in [-0.4, -0.2) is 4.98 Å².